The van der Waals surface area contributed by atoms with Crippen LogP contribution >= 0.6 is 0 Å². The van der Waals surface area contributed by atoms with Crippen LogP contribution in [0.2, 0.25) is 0 Å². The van der Waals surface area contributed by atoms with Gasteiger partial charge in [0.2, 0.25) is 0 Å². The van der Waals surface area contributed by atoms with Crippen molar-refractivity contribution in [3.63, 3.8) is 0 Å². The predicted octanol–water partition coefficient (Wildman–Crippen LogP) is -4.41. The first-order valence-electron chi connectivity index (χ1n) is 6.92. The summed E-state index contributed by atoms with van der Waals surface area (Å²) in [4.78, 5) is 35.6. The van der Waals surface area contributed by atoms with Crippen molar-refractivity contribution in [1.82, 2.24) is 0 Å². The SMILES string of the molecule is CC(=O)[O-].CC(=O)[O-].CC(=O)[O-].CC(=O)[O-].NC1(N)CCCCC1.[Pd+4]. The van der Waals surface area contributed by atoms with Gasteiger partial charge >= 0.3 is 20.4 Å². The van der Waals surface area contributed by atoms with Gasteiger partial charge in [-0.2, -0.15) is 0 Å². The van der Waals surface area contributed by atoms with Crippen molar-refractivity contribution >= 4 is 23.9 Å². The molecule has 0 saturated heterocycles. The predicted molar refractivity (Wildman–Crippen MR) is 76.9 cm³/mol. The van der Waals surface area contributed by atoms with Crippen molar-refractivity contribution in [2.24, 2.45) is 11.5 Å². The second-order valence-electron chi connectivity index (χ2n) is 4.76. The summed E-state index contributed by atoms with van der Waals surface area (Å²) in [5.41, 5.74) is 11.0. The van der Waals surface area contributed by atoms with E-state index in [0.717, 1.165) is 40.5 Å². The summed E-state index contributed by atoms with van der Waals surface area (Å²) in [6.07, 6.45) is 5.76. The summed E-state index contributed by atoms with van der Waals surface area (Å²) in [7, 11) is 0. The second-order valence-corrected chi connectivity index (χ2v) is 4.76. The Morgan fingerprint density at radius 2 is 0.800 bits per heavy atom. The van der Waals surface area contributed by atoms with Crippen molar-refractivity contribution in [2.45, 2.75) is 65.5 Å². The normalized spacial score (nSPS) is 12.9. The van der Waals surface area contributed by atoms with Gasteiger partial charge in [-0.15, -0.1) is 0 Å². The Kier molecular flexibility index (Phi) is 31.2. The molecule has 0 heterocycles. The molecule has 1 fully saturated rings. The summed E-state index contributed by atoms with van der Waals surface area (Å²) in [6, 6.07) is 0. The third-order valence-electron chi connectivity index (χ3n) is 1.78. The first-order chi connectivity index (χ1) is 10.6. The zero-order valence-electron chi connectivity index (χ0n) is 14.8. The quantitative estimate of drug-likeness (QED) is 0.263. The Hall–Kier alpha value is -1.54. The Morgan fingerprint density at radius 1 is 0.640 bits per heavy atom. The van der Waals surface area contributed by atoms with E-state index in [2.05, 4.69) is 0 Å². The number of carbonyl (C=O) groups excluding carboxylic acids is 4. The fraction of sp³-hybridized carbons (Fsp3) is 0.714. The van der Waals surface area contributed by atoms with Crippen LogP contribution in [-0.4, -0.2) is 29.5 Å². The molecule has 0 aromatic rings. The van der Waals surface area contributed by atoms with Crippen LogP contribution in [0.25, 0.3) is 0 Å². The Balaban J connectivity index is -0.0000000695. The zero-order chi connectivity index (χ0) is 20.3. The van der Waals surface area contributed by atoms with E-state index in [-0.39, 0.29) is 26.1 Å². The molecule has 4 N–H and O–H groups in total. The van der Waals surface area contributed by atoms with Crippen molar-refractivity contribution in [3.8, 4) is 0 Å². The molecule has 0 radical (unpaired) electrons. The molecule has 1 aliphatic rings. The molecule has 25 heavy (non-hydrogen) atoms. The van der Waals surface area contributed by atoms with E-state index in [0.29, 0.717) is 0 Å². The molecule has 1 rings (SSSR count). The smallest absolute Gasteiger partial charge is 0.550 e. The fourth-order valence-corrected chi connectivity index (χ4v) is 1.21. The van der Waals surface area contributed by atoms with Crippen LogP contribution in [0.15, 0.2) is 0 Å². The average Bonchev–Trinajstić information content (AvgIpc) is 2.24. The summed E-state index contributed by atoms with van der Waals surface area (Å²) in [5, 5.41) is 35.6. The van der Waals surface area contributed by atoms with Gasteiger partial charge in [0.1, 0.15) is 0 Å². The van der Waals surface area contributed by atoms with Crippen LogP contribution in [0.4, 0.5) is 0 Å². The summed E-state index contributed by atoms with van der Waals surface area (Å²) in [5.74, 6) is -4.33. The Bertz CT molecular complexity index is 304. The largest absolute Gasteiger partial charge is 4.00 e. The molecule has 1 saturated carbocycles. The minimum absolute atomic E-state index is 0. The minimum Gasteiger partial charge on any atom is -0.550 e. The topological polar surface area (TPSA) is 213 Å². The molecule has 0 aliphatic heterocycles. The fourth-order valence-electron chi connectivity index (χ4n) is 1.21. The van der Waals surface area contributed by atoms with Gasteiger partial charge in [0.25, 0.3) is 0 Å². The van der Waals surface area contributed by atoms with E-state index in [4.69, 9.17) is 51.1 Å². The van der Waals surface area contributed by atoms with Gasteiger partial charge in [0.05, 0.1) is 5.66 Å². The van der Waals surface area contributed by atoms with Crippen LogP contribution in [0.3, 0.4) is 0 Å². The van der Waals surface area contributed by atoms with E-state index >= 15 is 0 Å². The summed E-state index contributed by atoms with van der Waals surface area (Å²) >= 11 is 0. The Labute approximate surface area is 161 Å². The van der Waals surface area contributed by atoms with Gasteiger partial charge in [-0.1, -0.05) is 19.3 Å². The molecule has 0 atom stereocenters. The molecule has 0 spiro atoms. The molecule has 11 heteroatoms. The van der Waals surface area contributed by atoms with Crippen LogP contribution < -0.4 is 31.9 Å². The van der Waals surface area contributed by atoms with Gasteiger partial charge in [-0.05, 0) is 40.5 Å². The maximum Gasteiger partial charge on any atom is 4.00 e. The third-order valence-corrected chi connectivity index (χ3v) is 1.78. The number of carboxylic acid groups (broad SMARTS) is 4. The molecular formula is C14H26N2O8Pd. The van der Waals surface area contributed by atoms with Gasteiger partial charge in [0.15, 0.2) is 0 Å². The van der Waals surface area contributed by atoms with E-state index in [1.807, 2.05) is 0 Å². The van der Waals surface area contributed by atoms with Crippen molar-refractivity contribution < 1.29 is 60.0 Å². The molecule has 0 aromatic carbocycles. The standard InChI is InChI=1S/C6H14N2.4C2H4O2.Pd/c7-6(8)4-2-1-3-5-6;4*1-2(3)4;/h1-5,7-8H2;4*1H3,(H,3,4);/q;;;;;+4/p-4. The molecule has 0 aromatic heterocycles. The first-order valence-corrected chi connectivity index (χ1v) is 6.92. The van der Waals surface area contributed by atoms with Crippen LogP contribution in [0.1, 0.15) is 59.8 Å². The molecule has 1 aliphatic carbocycles. The van der Waals surface area contributed by atoms with Crippen LogP contribution in [-0.2, 0) is 39.6 Å². The molecule has 150 valence electrons. The van der Waals surface area contributed by atoms with Crippen molar-refractivity contribution in [3.05, 3.63) is 0 Å². The van der Waals surface area contributed by atoms with Crippen molar-refractivity contribution in [1.29, 1.82) is 0 Å². The second kappa shape index (κ2) is 22.5. The van der Waals surface area contributed by atoms with Gasteiger partial charge in [-0.3, -0.25) is 0 Å². The molecule has 0 unspecified atom stereocenters. The van der Waals surface area contributed by atoms with Gasteiger partial charge in [0, 0.05) is 23.9 Å². The van der Waals surface area contributed by atoms with Gasteiger partial charge in [-0.25, -0.2) is 0 Å². The number of carboxylic acids is 4. The number of hydrogen-bond acceptors (Lipinski definition) is 10. The maximum absolute atomic E-state index is 8.89. The number of aliphatic carboxylic acids is 4. The zero-order valence-corrected chi connectivity index (χ0v) is 16.3. The number of rotatable bonds is 0. The third kappa shape index (κ3) is 131. The molecule has 0 amide bonds. The first kappa shape index (κ1) is 34.7. The van der Waals surface area contributed by atoms with Crippen LogP contribution in [0, 0.1) is 0 Å². The summed E-state index contributed by atoms with van der Waals surface area (Å²) < 4.78 is 0. The van der Waals surface area contributed by atoms with Crippen molar-refractivity contribution in [2.75, 3.05) is 0 Å². The van der Waals surface area contributed by atoms with E-state index in [9.17, 15) is 0 Å². The maximum atomic E-state index is 8.89. The van der Waals surface area contributed by atoms with Gasteiger partial charge < -0.3 is 51.1 Å². The monoisotopic (exact) mass is 456 g/mol. The molecular weight excluding hydrogens is 431 g/mol. The van der Waals surface area contributed by atoms with E-state index in [1.54, 1.807) is 0 Å². The molecule has 10 nitrogen and oxygen atoms in total. The number of hydrogen-bond donors (Lipinski definition) is 2. The van der Waals surface area contributed by atoms with E-state index < -0.39 is 23.9 Å². The minimum atomic E-state index is -1.08. The number of carbonyl (C=O) groups is 4. The summed E-state index contributed by atoms with van der Waals surface area (Å²) in [6.45, 7) is 3.89. The average molecular weight is 457 g/mol. The Morgan fingerprint density at radius 3 is 0.880 bits per heavy atom. The number of nitrogens with two attached hydrogens (primary N) is 2. The van der Waals surface area contributed by atoms with E-state index in [1.165, 1.54) is 19.3 Å². The molecule has 0 bridgehead atoms. The van der Waals surface area contributed by atoms with Crippen LogP contribution in [0.5, 0.6) is 0 Å².